The number of thiophene rings is 1. The van der Waals surface area contributed by atoms with Crippen LogP contribution in [0.2, 0.25) is 5.02 Å². The third-order valence-corrected chi connectivity index (χ3v) is 4.13. The van der Waals surface area contributed by atoms with Gasteiger partial charge in [-0.15, -0.1) is 11.3 Å². The van der Waals surface area contributed by atoms with Crippen molar-refractivity contribution >= 4 is 34.6 Å². The summed E-state index contributed by atoms with van der Waals surface area (Å²) >= 11 is 7.50. The second kappa shape index (κ2) is 7.24. The Balaban J connectivity index is 1.85. The molecule has 1 heterocycles. The number of amides is 1. The average Bonchev–Trinajstić information content (AvgIpc) is 3.00. The zero-order chi connectivity index (χ0) is 15.2. The Kier molecular flexibility index (Phi) is 5.36. The van der Waals surface area contributed by atoms with E-state index in [2.05, 4.69) is 10.5 Å². The minimum Gasteiger partial charge on any atom is -0.484 e. The van der Waals surface area contributed by atoms with Gasteiger partial charge in [-0.1, -0.05) is 17.7 Å². The lowest BCUT2D eigenvalue weighted by Gasteiger charge is -2.07. The number of aryl methyl sites for hydroxylation is 1. The summed E-state index contributed by atoms with van der Waals surface area (Å²) in [7, 11) is 0. The van der Waals surface area contributed by atoms with Crippen LogP contribution in [0.3, 0.4) is 0 Å². The first kappa shape index (κ1) is 15.5. The van der Waals surface area contributed by atoms with Gasteiger partial charge in [-0.25, -0.2) is 5.43 Å². The van der Waals surface area contributed by atoms with Gasteiger partial charge in [0.05, 0.1) is 5.71 Å². The van der Waals surface area contributed by atoms with E-state index in [1.165, 1.54) is 0 Å². The van der Waals surface area contributed by atoms with Gasteiger partial charge in [0, 0.05) is 9.90 Å². The van der Waals surface area contributed by atoms with Gasteiger partial charge in [0.15, 0.2) is 6.61 Å². The molecule has 2 aromatic rings. The maximum Gasteiger partial charge on any atom is 0.277 e. The Morgan fingerprint density at radius 1 is 1.43 bits per heavy atom. The maximum absolute atomic E-state index is 11.7. The molecule has 0 bridgehead atoms. The molecule has 6 heteroatoms. The molecule has 4 nitrogen and oxygen atoms in total. The summed E-state index contributed by atoms with van der Waals surface area (Å²) < 4.78 is 5.39. The number of hydrazone groups is 1. The molecular weight excluding hydrogens is 308 g/mol. The van der Waals surface area contributed by atoms with Crippen molar-refractivity contribution < 1.29 is 9.53 Å². The van der Waals surface area contributed by atoms with E-state index in [0.717, 1.165) is 16.2 Å². The normalized spacial score (nSPS) is 11.3. The highest BCUT2D eigenvalue weighted by atomic mass is 35.5. The van der Waals surface area contributed by atoms with Crippen molar-refractivity contribution in [1.82, 2.24) is 5.43 Å². The number of nitrogens with zero attached hydrogens (tertiary/aromatic N) is 1. The first-order valence-electron chi connectivity index (χ1n) is 6.32. The Labute approximate surface area is 132 Å². The first-order valence-corrected chi connectivity index (χ1v) is 7.58. The zero-order valence-corrected chi connectivity index (χ0v) is 13.3. The molecule has 0 atom stereocenters. The Hall–Kier alpha value is -1.85. The molecule has 0 saturated carbocycles. The van der Waals surface area contributed by atoms with Crippen LogP contribution >= 0.6 is 22.9 Å². The molecule has 1 aromatic carbocycles. The molecule has 0 radical (unpaired) electrons. The van der Waals surface area contributed by atoms with Crippen molar-refractivity contribution in [2.24, 2.45) is 5.10 Å². The van der Waals surface area contributed by atoms with Crippen molar-refractivity contribution in [2.75, 3.05) is 6.61 Å². The SMILES string of the molecule is C/C(=N/NC(=O)COc1ccc(Cl)c(C)c1)c1cccs1. The molecule has 1 amide bonds. The van der Waals surface area contributed by atoms with Crippen LogP contribution < -0.4 is 10.2 Å². The lowest BCUT2D eigenvalue weighted by molar-refractivity contribution is -0.123. The summed E-state index contributed by atoms with van der Waals surface area (Å²) in [6.45, 7) is 3.63. The van der Waals surface area contributed by atoms with Crippen molar-refractivity contribution in [3.05, 3.63) is 51.2 Å². The van der Waals surface area contributed by atoms with Crippen LogP contribution in [0, 0.1) is 6.92 Å². The number of carbonyl (C=O) groups is 1. The molecule has 1 aromatic heterocycles. The quantitative estimate of drug-likeness (QED) is 0.675. The molecule has 0 saturated heterocycles. The number of ether oxygens (including phenoxy) is 1. The minimum absolute atomic E-state index is 0.0949. The van der Waals surface area contributed by atoms with Crippen LogP contribution in [-0.4, -0.2) is 18.2 Å². The van der Waals surface area contributed by atoms with Gasteiger partial charge in [-0.2, -0.15) is 5.10 Å². The number of benzene rings is 1. The van der Waals surface area contributed by atoms with Crippen LogP contribution in [-0.2, 0) is 4.79 Å². The summed E-state index contributed by atoms with van der Waals surface area (Å²) in [5.41, 5.74) is 4.14. The van der Waals surface area contributed by atoms with E-state index in [4.69, 9.17) is 16.3 Å². The first-order chi connectivity index (χ1) is 10.1. The van der Waals surface area contributed by atoms with Gasteiger partial charge in [0.1, 0.15) is 5.75 Å². The highest BCUT2D eigenvalue weighted by molar-refractivity contribution is 7.12. The second-order valence-corrected chi connectivity index (χ2v) is 5.76. The van der Waals surface area contributed by atoms with E-state index in [1.807, 2.05) is 31.4 Å². The predicted octanol–water partition coefficient (Wildman–Crippen LogP) is 3.63. The van der Waals surface area contributed by atoms with E-state index in [-0.39, 0.29) is 12.5 Å². The third kappa shape index (κ3) is 4.58. The van der Waals surface area contributed by atoms with Gasteiger partial charge >= 0.3 is 0 Å². The number of hydrogen-bond donors (Lipinski definition) is 1. The fraction of sp³-hybridized carbons (Fsp3) is 0.200. The van der Waals surface area contributed by atoms with Gasteiger partial charge in [-0.3, -0.25) is 4.79 Å². The highest BCUT2D eigenvalue weighted by Gasteiger charge is 2.04. The number of carbonyl (C=O) groups excluding carboxylic acids is 1. The van der Waals surface area contributed by atoms with Crippen molar-refractivity contribution in [3.8, 4) is 5.75 Å². The number of hydrogen-bond acceptors (Lipinski definition) is 4. The van der Waals surface area contributed by atoms with E-state index in [0.29, 0.717) is 10.8 Å². The van der Waals surface area contributed by atoms with Crippen LogP contribution in [0.4, 0.5) is 0 Å². The summed E-state index contributed by atoms with van der Waals surface area (Å²) in [4.78, 5) is 12.7. The smallest absolute Gasteiger partial charge is 0.277 e. The minimum atomic E-state index is -0.307. The summed E-state index contributed by atoms with van der Waals surface area (Å²) in [6.07, 6.45) is 0. The lowest BCUT2D eigenvalue weighted by Crippen LogP contribution is -2.25. The lowest BCUT2D eigenvalue weighted by atomic mass is 10.2. The largest absolute Gasteiger partial charge is 0.484 e. The van der Waals surface area contributed by atoms with Crippen LogP contribution in [0.25, 0.3) is 0 Å². The monoisotopic (exact) mass is 322 g/mol. The fourth-order valence-electron chi connectivity index (χ4n) is 1.57. The molecule has 110 valence electrons. The molecule has 0 aliphatic heterocycles. The summed E-state index contributed by atoms with van der Waals surface area (Å²) in [6, 6.07) is 9.14. The molecule has 0 spiro atoms. The Morgan fingerprint density at radius 3 is 2.90 bits per heavy atom. The molecule has 0 fully saturated rings. The van der Waals surface area contributed by atoms with E-state index in [9.17, 15) is 4.79 Å². The van der Waals surface area contributed by atoms with Crippen LogP contribution in [0.15, 0.2) is 40.8 Å². The topological polar surface area (TPSA) is 50.7 Å². The van der Waals surface area contributed by atoms with Gasteiger partial charge in [0.2, 0.25) is 0 Å². The molecule has 0 aliphatic carbocycles. The molecule has 1 N–H and O–H groups in total. The summed E-state index contributed by atoms with van der Waals surface area (Å²) in [5.74, 6) is 0.296. The highest BCUT2D eigenvalue weighted by Crippen LogP contribution is 2.20. The standard InChI is InChI=1S/C15H15ClN2O2S/c1-10-8-12(5-6-13(10)16)20-9-15(19)18-17-11(2)14-4-3-7-21-14/h3-8H,9H2,1-2H3,(H,18,19)/b17-11-. The zero-order valence-electron chi connectivity index (χ0n) is 11.7. The Morgan fingerprint density at radius 2 is 2.24 bits per heavy atom. The van der Waals surface area contributed by atoms with Gasteiger partial charge in [0.25, 0.3) is 5.91 Å². The van der Waals surface area contributed by atoms with Gasteiger partial charge < -0.3 is 4.74 Å². The number of nitrogens with one attached hydrogen (secondary N) is 1. The van der Waals surface area contributed by atoms with E-state index in [1.54, 1.807) is 29.5 Å². The van der Waals surface area contributed by atoms with Crippen LogP contribution in [0.1, 0.15) is 17.4 Å². The van der Waals surface area contributed by atoms with Crippen molar-refractivity contribution in [3.63, 3.8) is 0 Å². The van der Waals surface area contributed by atoms with Crippen molar-refractivity contribution in [2.45, 2.75) is 13.8 Å². The second-order valence-electron chi connectivity index (χ2n) is 4.41. The molecule has 0 aliphatic rings. The van der Waals surface area contributed by atoms with Gasteiger partial charge in [-0.05, 0) is 49.1 Å². The Bertz CT molecular complexity index is 654. The maximum atomic E-state index is 11.7. The van der Waals surface area contributed by atoms with E-state index < -0.39 is 0 Å². The van der Waals surface area contributed by atoms with Crippen LogP contribution in [0.5, 0.6) is 5.75 Å². The number of rotatable bonds is 5. The number of halogens is 1. The molecular formula is C15H15ClN2O2S. The molecule has 0 unspecified atom stereocenters. The predicted molar refractivity (Wildman–Crippen MR) is 86.4 cm³/mol. The fourth-order valence-corrected chi connectivity index (χ4v) is 2.37. The third-order valence-electron chi connectivity index (χ3n) is 2.73. The molecule has 21 heavy (non-hydrogen) atoms. The van der Waals surface area contributed by atoms with E-state index >= 15 is 0 Å². The summed E-state index contributed by atoms with van der Waals surface area (Å²) in [5, 5.41) is 6.67. The van der Waals surface area contributed by atoms with Crippen molar-refractivity contribution in [1.29, 1.82) is 0 Å². The molecule has 2 rings (SSSR count). The average molecular weight is 323 g/mol.